The largest absolute Gasteiger partial charge is 0.463 e. The van der Waals surface area contributed by atoms with E-state index in [-0.39, 0.29) is 11.1 Å². The molecule has 0 aliphatic carbocycles. The minimum atomic E-state index is -1.81. The number of hydrogen-bond donors (Lipinski definition) is 0. The quantitative estimate of drug-likeness (QED) is 0.0884. The fraction of sp³-hybridized carbons (Fsp3) is 0.486. The van der Waals surface area contributed by atoms with E-state index in [0.29, 0.717) is 0 Å². The van der Waals surface area contributed by atoms with Crippen LogP contribution in [0, 0.1) is 0 Å². The molecule has 2 fully saturated rings. The van der Waals surface area contributed by atoms with Gasteiger partial charge in [0.05, 0.1) is 11.1 Å². The Balaban J connectivity index is 1.83. The summed E-state index contributed by atoms with van der Waals surface area (Å²) in [6, 6.07) is 14.3. The van der Waals surface area contributed by atoms with Gasteiger partial charge in [-0.2, -0.15) is 0 Å². The van der Waals surface area contributed by atoms with E-state index in [2.05, 4.69) is 10.0 Å². The Hall–Kier alpha value is -5.59. The summed E-state index contributed by atoms with van der Waals surface area (Å²) in [7, 11) is 1.23. The molecule has 0 spiro atoms. The van der Waals surface area contributed by atoms with Crippen LogP contribution in [0.3, 0.4) is 0 Å². The number of ether oxygens (including phenoxy) is 10. The lowest BCUT2D eigenvalue weighted by Gasteiger charge is -2.48. The van der Waals surface area contributed by atoms with Crippen LogP contribution in [-0.4, -0.2) is 117 Å². The van der Waals surface area contributed by atoms with Crippen molar-refractivity contribution >= 4 is 35.8 Å². The zero-order chi connectivity index (χ0) is 39.4. The van der Waals surface area contributed by atoms with E-state index in [4.69, 9.17) is 47.4 Å². The van der Waals surface area contributed by atoms with Crippen LogP contribution in [0.15, 0.2) is 65.8 Å². The van der Waals surface area contributed by atoms with Crippen LogP contribution in [-0.2, 0) is 66.5 Å². The zero-order valence-electron chi connectivity index (χ0n) is 29.8. The minimum Gasteiger partial charge on any atom is -0.463 e. The summed E-state index contributed by atoms with van der Waals surface area (Å²) in [6.45, 7) is 3.10. The first-order valence-corrected chi connectivity index (χ1v) is 16.5. The Morgan fingerprint density at radius 1 is 0.611 bits per heavy atom. The molecule has 2 aliphatic rings. The maximum absolute atomic E-state index is 13.5. The third-order valence-electron chi connectivity index (χ3n) is 7.91. The third-order valence-corrected chi connectivity index (χ3v) is 7.91. The summed E-state index contributed by atoms with van der Waals surface area (Å²) in [5.74, 6) is -5.08. The molecule has 2 aromatic rings. The number of carbonyl (C=O) groups is 6. The number of azide groups is 1. The maximum atomic E-state index is 13.5. The smallest absolute Gasteiger partial charge is 0.338 e. The van der Waals surface area contributed by atoms with Crippen LogP contribution in [0.1, 0.15) is 48.4 Å². The molecule has 0 N–H and O–H groups in total. The van der Waals surface area contributed by atoms with Gasteiger partial charge in [0.1, 0.15) is 43.7 Å². The van der Waals surface area contributed by atoms with E-state index in [1.807, 2.05) is 0 Å². The highest BCUT2D eigenvalue weighted by atomic mass is 16.8. The molecule has 0 amide bonds. The summed E-state index contributed by atoms with van der Waals surface area (Å²) >= 11 is 0. The summed E-state index contributed by atoms with van der Waals surface area (Å²) in [5.41, 5.74) is 9.84. The lowest BCUT2D eigenvalue weighted by Crippen LogP contribution is -2.66. The van der Waals surface area contributed by atoms with E-state index in [0.717, 1.165) is 27.7 Å². The molecular formula is C35H39N3O16. The number of carbonyl (C=O) groups excluding carboxylic acids is 6. The van der Waals surface area contributed by atoms with Gasteiger partial charge < -0.3 is 47.4 Å². The Labute approximate surface area is 308 Å². The van der Waals surface area contributed by atoms with E-state index in [9.17, 15) is 34.3 Å². The topological polar surface area (TPSA) is 243 Å². The third kappa shape index (κ3) is 11.0. The molecule has 290 valence electrons. The standard InChI is InChI=1S/C35H39N3O16/c1-18(39)46-16-24-28(48-19(2)40)30(49-20(3)41)31(50-21(4)42)35(52-24)54-27-25(17-47-32(43)22-12-8-6-9-13-22)51-34(45-5)26(37-38-36)29(27)53-33(44)23-14-10-7-11-15-23/h6-15,24-31,34-35H,16-17H2,1-5H3/t24-,25-,26+,27-,28+,29-,30+,31-,34+,35-/m1/s1. The summed E-state index contributed by atoms with van der Waals surface area (Å²) in [5, 5.41) is 3.77. The molecule has 54 heavy (non-hydrogen) atoms. The van der Waals surface area contributed by atoms with E-state index in [1.165, 1.54) is 31.4 Å². The summed E-state index contributed by atoms with van der Waals surface area (Å²) < 4.78 is 57.2. The lowest BCUT2D eigenvalue weighted by atomic mass is 9.95. The predicted molar refractivity (Wildman–Crippen MR) is 178 cm³/mol. The minimum absolute atomic E-state index is 0.0933. The predicted octanol–water partition coefficient (Wildman–Crippen LogP) is 2.59. The molecule has 2 aliphatic heterocycles. The van der Waals surface area contributed by atoms with Crippen molar-refractivity contribution in [1.82, 2.24) is 0 Å². The van der Waals surface area contributed by atoms with Crippen molar-refractivity contribution in [3.8, 4) is 0 Å². The Morgan fingerprint density at radius 2 is 1.11 bits per heavy atom. The van der Waals surface area contributed by atoms with Gasteiger partial charge in [0.25, 0.3) is 0 Å². The highest BCUT2D eigenvalue weighted by Crippen LogP contribution is 2.35. The van der Waals surface area contributed by atoms with Gasteiger partial charge in [0.15, 0.2) is 30.9 Å². The zero-order valence-corrected chi connectivity index (χ0v) is 29.8. The van der Waals surface area contributed by atoms with Gasteiger partial charge in [-0.25, -0.2) is 9.59 Å². The first-order chi connectivity index (χ1) is 25.8. The summed E-state index contributed by atoms with van der Waals surface area (Å²) in [6.07, 6.45) is -14.1. The second kappa shape index (κ2) is 19.5. The first-order valence-electron chi connectivity index (χ1n) is 16.5. The SMILES string of the molecule is CO[C@H]1O[C@H](COC(=O)c2ccccc2)[C@@H](O[C@H]2O[C@H](COC(C)=O)[C@H](OC(C)=O)[C@H](OC(C)=O)[C@H]2OC(C)=O)[C@H](OC(=O)c2ccccc2)[C@@H]1N=[N+]=[N-]. The van der Waals surface area contributed by atoms with Crippen molar-refractivity contribution in [2.45, 2.75) is 89.0 Å². The average Bonchev–Trinajstić information content (AvgIpc) is 3.13. The highest BCUT2D eigenvalue weighted by Gasteiger charge is 2.57. The molecule has 0 aromatic heterocycles. The van der Waals surface area contributed by atoms with Gasteiger partial charge in [-0.3, -0.25) is 19.2 Å². The second-order valence-electron chi connectivity index (χ2n) is 11.8. The molecule has 0 unspecified atom stereocenters. The van der Waals surface area contributed by atoms with Crippen molar-refractivity contribution in [1.29, 1.82) is 0 Å². The number of benzene rings is 2. The van der Waals surface area contributed by atoms with Crippen LogP contribution >= 0.6 is 0 Å². The molecule has 2 aromatic carbocycles. The van der Waals surface area contributed by atoms with Crippen molar-refractivity contribution in [2.24, 2.45) is 5.11 Å². The van der Waals surface area contributed by atoms with E-state index < -0.39 is 110 Å². The molecule has 2 heterocycles. The first kappa shape index (κ1) is 41.2. The molecule has 19 heteroatoms. The average molecular weight is 758 g/mol. The van der Waals surface area contributed by atoms with Gasteiger partial charge in [0.2, 0.25) is 0 Å². The lowest BCUT2D eigenvalue weighted by molar-refractivity contribution is -0.346. The van der Waals surface area contributed by atoms with Crippen molar-refractivity contribution in [2.75, 3.05) is 20.3 Å². The normalized spacial score (nSPS) is 27.6. The molecule has 4 rings (SSSR count). The van der Waals surface area contributed by atoms with E-state index >= 15 is 0 Å². The molecule has 0 saturated carbocycles. The van der Waals surface area contributed by atoms with E-state index in [1.54, 1.807) is 36.4 Å². The number of esters is 6. The molecular weight excluding hydrogens is 718 g/mol. The number of hydrogen-bond acceptors (Lipinski definition) is 17. The van der Waals surface area contributed by atoms with Gasteiger partial charge in [0, 0.05) is 39.7 Å². The molecule has 0 bridgehead atoms. The van der Waals surface area contributed by atoms with Crippen LogP contribution < -0.4 is 0 Å². The Bertz CT molecular complexity index is 1690. The van der Waals surface area contributed by atoms with Crippen LogP contribution in [0.25, 0.3) is 10.4 Å². The van der Waals surface area contributed by atoms with Crippen molar-refractivity contribution < 1.29 is 76.1 Å². The Kier molecular flexibility index (Phi) is 14.8. The highest BCUT2D eigenvalue weighted by molar-refractivity contribution is 5.90. The van der Waals surface area contributed by atoms with Gasteiger partial charge in [-0.15, -0.1) is 0 Å². The number of rotatable bonds is 14. The van der Waals surface area contributed by atoms with Crippen LogP contribution in [0.2, 0.25) is 0 Å². The molecule has 10 atom stereocenters. The fourth-order valence-corrected chi connectivity index (χ4v) is 5.74. The van der Waals surface area contributed by atoms with Crippen molar-refractivity contribution in [3.63, 3.8) is 0 Å². The maximum Gasteiger partial charge on any atom is 0.338 e. The fourth-order valence-electron chi connectivity index (χ4n) is 5.74. The van der Waals surface area contributed by atoms with Gasteiger partial charge in [-0.1, -0.05) is 41.5 Å². The summed E-state index contributed by atoms with van der Waals surface area (Å²) in [4.78, 5) is 78.4. The van der Waals surface area contributed by atoms with Crippen molar-refractivity contribution in [3.05, 3.63) is 82.2 Å². The monoisotopic (exact) mass is 757 g/mol. The molecule has 2 saturated heterocycles. The second-order valence-corrected chi connectivity index (χ2v) is 11.8. The number of nitrogens with zero attached hydrogens (tertiary/aromatic N) is 3. The molecule has 19 nitrogen and oxygen atoms in total. The van der Waals surface area contributed by atoms with Gasteiger partial charge in [-0.05, 0) is 29.8 Å². The Morgan fingerprint density at radius 3 is 1.65 bits per heavy atom. The van der Waals surface area contributed by atoms with Crippen LogP contribution in [0.5, 0.6) is 0 Å². The van der Waals surface area contributed by atoms with Gasteiger partial charge >= 0.3 is 35.8 Å². The van der Waals surface area contributed by atoms with Crippen LogP contribution in [0.4, 0.5) is 0 Å². The number of methoxy groups -OCH3 is 1. The molecule has 0 radical (unpaired) electrons.